The fourth-order valence-corrected chi connectivity index (χ4v) is 3.95. The summed E-state index contributed by atoms with van der Waals surface area (Å²) in [4.78, 5) is 9.21. The maximum Gasteiger partial charge on any atom is 0.0646 e. The van der Waals surface area contributed by atoms with Gasteiger partial charge in [-0.15, -0.1) is 0 Å². The average Bonchev–Trinajstić information content (AvgIpc) is 2.64. The van der Waals surface area contributed by atoms with Crippen molar-refractivity contribution in [2.45, 2.75) is 52.0 Å². The van der Waals surface area contributed by atoms with E-state index in [0.717, 1.165) is 6.54 Å². The first-order valence-corrected chi connectivity index (χ1v) is 9.22. The van der Waals surface area contributed by atoms with Crippen molar-refractivity contribution >= 4 is 17.1 Å². The molecule has 0 radical (unpaired) electrons. The number of anilines is 3. The molecule has 1 heterocycles. The molecule has 3 nitrogen and oxygen atoms in total. The predicted octanol–water partition coefficient (Wildman–Crippen LogP) is 5.32. The fraction of sp³-hybridized carbons (Fsp3) is 0.476. The van der Waals surface area contributed by atoms with Gasteiger partial charge in [0.2, 0.25) is 0 Å². The SMILES string of the molecule is CCN(c1ccccc1N(C)c1cnccc1C)C1CCCCC1. The minimum Gasteiger partial charge on any atom is -0.367 e. The van der Waals surface area contributed by atoms with Gasteiger partial charge in [0.25, 0.3) is 0 Å². The van der Waals surface area contributed by atoms with Gasteiger partial charge in [0.1, 0.15) is 0 Å². The first-order valence-electron chi connectivity index (χ1n) is 9.22. The van der Waals surface area contributed by atoms with Crippen LogP contribution in [0.3, 0.4) is 0 Å². The number of para-hydroxylation sites is 2. The number of aromatic nitrogens is 1. The lowest BCUT2D eigenvalue weighted by atomic mass is 9.93. The van der Waals surface area contributed by atoms with Crippen molar-refractivity contribution in [2.75, 3.05) is 23.4 Å². The summed E-state index contributed by atoms with van der Waals surface area (Å²) in [5, 5.41) is 0. The molecule has 0 saturated heterocycles. The maximum atomic E-state index is 4.32. The van der Waals surface area contributed by atoms with Crippen molar-refractivity contribution in [3.05, 3.63) is 48.3 Å². The highest BCUT2D eigenvalue weighted by molar-refractivity contribution is 5.78. The molecule has 0 amide bonds. The number of rotatable bonds is 5. The summed E-state index contributed by atoms with van der Waals surface area (Å²) in [5.41, 5.74) is 5.03. The quantitative estimate of drug-likeness (QED) is 0.742. The molecule has 1 saturated carbocycles. The monoisotopic (exact) mass is 323 g/mol. The van der Waals surface area contributed by atoms with Gasteiger partial charge in [0.15, 0.2) is 0 Å². The Kier molecular flexibility index (Phi) is 5.39. The molecule has 0 aliphatic heterocycles. The van der Waals surface area contributed by atoms with Crippen LogP contribution in [0.25, 0.3) is 0 Å². The van der Waals surface area contributed by atoms with Gasteiger partial charge in [-0.3, -0.25) is 4.98 Å². The zero-order valence-corrected chi connectivity index (χ0v) is 15.2. The van der Waals surface area contributed by atoms with E-state index < -0.39 is 0 Å². The lowest BCUT2D eigenvalue weighted by Gasteiger charge is -2.38. The zero-order valence-electron chi connectivity index (χ0n) is 15.2. The van der Waals surface area contributed by atoms with Gasteiger partial charge < -0.3 is 9.80 Å². The lowest BCUT2D eigenvalue weighted by molar-refractivity contribution is 0.418. The standard InChI is InChI=1S/C21H29N3/c1-4-24(18-10-6-5-7-11-18)20-13-9-8-12-19(20)23(3)21-16-22-15-14-17(21)2/h8-9,12-16,18H,4-7,10-11H2,1-3H3. The van der Waals surface area contributed by atoms with Crippen molar-refractivity contribution in [1.29, 1.82) is 0 Å². The van der Waals surface area contributed by atoms with E-state index in [1.54, 1.807) is 0 Å². The van der Waals surface area contributed by atoms with Crippen LogP contribution in [0, 0.1) is 6.92 Å². The van der Waals surface area contributed by atoms with Crippen molar-refractivity contribution in [2.24, 2.45) is 0 Å². The van der Waals surface area contributed by atoms with Crippen LogP contribution in [0.2, 0.25) is 0 Å². The van der Waals surface area contributed by atoms with Crippen molar-refractivity contribution < 1.29 is 0 Å². The van der Waals surface area contributed by atoms with Crippen molar-refractivity contribution in [3.8, 4) is 0 Å². The first-order chi connectivity index (χ1) is 11.7. The van der Waals surface area contributed by atoms with Gasteiger partial charge in [0.05, 0.1) is 23.3 Å². The van der Waals surface area contributed by atoms with E-state index in [-0.39, 0.29) is 0 Å². The Morgan fingerprint density at radius 1 is 1.00 bits per heavy atom. The van der Waals surface area contributed by atoms with E-state index in [9.17, 15) is 0 Å². The summed E-state index contributed by atoms with van der Waals surface area (Å²) in [6, 6.07) is 11.5. The average molecular weight is 323 g/mol. The Labute approximate surface area is 146 Å². The predicted molar refractivity (Wildman–Crippen MR) is 103 cm³/mol. The molecule has 1 aliphatic rings. The summed E-state index contributed by atoms with van der Waals surface area (Å²) in [7, 11) is 2.15. The van der Waals surface area contributed by atoms with Crippen LogP contribution in [0.15, 0.2) is 42.7 Å². The van der Waals surface area contributed by atoms with E-state index in [2.05, 4.69) is 66.0 Å². The molecule has 24 heavy (non-hydrogen) atoms. The lowest BCUT2D eigenvalue weighted by Crippen LogP contribution is -2.37. The van der Waals surface area contributed by atoms with Crippen LogP contribution in [-0.4, -0.2) is 24.6 Å². The molecule has 2 aromatic rings. The third kappa shape index (κ3) is 3.40. The summed E-state index contributed by atoms with van der Waals surface area (Å²) < 4.78 is 0. The summed E-state index contributed by atoms with van der Waals surface area (Å²) in [5.74, 6) is 0. The second-order valence-corrected chi connectivity index (χ2v) is 6.79. The largest absolute Gasteiger partial charge is 0.367 e. The summed E-state index contributed by atoms with van der Waals surface area (Å²) in [6.45, 7) is 5.48. The third-order valence-corrected chi connectivity index (χ3v) is 5.28. The van der Waals surface area contributed by atoms with Crippen LogP contribution >= 0.6 is 0 Å². The molecule has 1 aromatic heterocycles. The van der Waals surface area contributed by atoms with E-state index in [4.69, 9.17) is 0 Å². The van der Waals surface area contributed by atoms with Crippen LogP contribution in [0.4, 0.5) is 17.1 Å². The van der Waals surface area contributed by atoms with Crippen LogP contribution < -0.4 is 9.80 Å². The van der Waals surface area contributed by atoms with E-state index in [0.29, 0.717) is 6.04 Å². The Hall–Kier alpha value is -2.03. The molecule has 0 bridgehead atoms. The van der Waals surface area contributed by atoms with Gasteiger partial charge in [-0.05, 0) is 50.5 Å². The Bertz CT molecular complexity index is 662. The van der Waals surface area contributed by atoms with Gasteiger partial charge >= 0.3 is 0 Å². The number of nitrogens with zero attached hydrogens (tertiary/aromatic N) is 3. The molecular formula is C21H29N3. The molecule has 0 atom stereocenters. The number of hydrogen-bond donors (Lipinski definition) is 0. The first kappa shape index (κ1) is 16.8. The zero-order chi connectivity index (χ0) is 16.9. The third-order valence-electron chi connectivity index (χ3n) is 5.28. The van der Waals surface area contributed by atoms with Crippen molar-refractivity contribution in [3.63, 3.8) is 0 Å². The molecule has 1 aromatic carbocycles. The van der Waals surface area contributed by atoms with E-state index >= 15 is 0 Å². The highest BCUT2D eigenvalue weighted by Gasteiger charge is 2.23. The Morgan fingerprint density at radius 2 is 1.71 bits per heavy atom. The molecule has 3 rings (SSSR count). The molecule has 3 heteroatoms. The van der Waals surface area contributed by atoms with Crippen LogP contribution in [0.1, 0.15) is 44.6 Å². The van der Waals surface area contributed by atoms with Gasteiger partial charge in [-0.25, -0.2) is 0 Å². The smallest absolute Gasteiger partial charge is 0.0646 e. The molecule has 1 fully saturated rings. The Morgan fingerprint density at radius 3 is 2.38 bits per heavy atom. The Balaban J connectivity index is 1.96. The van der Waals surface area contributed by atoms with Gasteiger partial charge in [-0.1, -0.05) is 31.4 Å². The highest BCUT2D eigenvalue weighted by Crippen LogP contribution is 2.37. The molecule has 0 unspecified atom stereocenters. The molecule has 0 spiro atoms. The molecular weight excluding hydrogens is 294 g/mol. The summed E-state index contributed by atoms with van der Waals surface area (Å²) >= 11 is 0. The van der Waals surface area contributed by atoms with Gasteiger partial charge in [-0.2, -0.15) is 0 Å². The van der Waals surface area contributed by atoms with Crippen LogP contribution in [0.5, 0.6) is 0 Å². The van der Waals surface area contributed by atoms with E-state index in [1.165, 1.54) is 54.7 Å². The van der Waals surface area contributed by atoms with E-state index in [1.807, 2.05) is 12.4 Å². The second-order valence-electron chi connectivity index (χ2n) is 6.79. The number of benzene rings is 1. The topological polar surface area (TPSA) is 19.4 Å². The molecule has 0 N–H and O–H groups in total. The highest BCUT2D eigenvalue weighted by atomic mass is 15.2. The number of pyridine rings is 1. The maximum absolute atomic E-state index is 4.32. The number of hydrogen-bond acceptors (Lipinski definition) is 3. The molecule has 128 valence electrons. The number of aryl methyl sites for hydroxylation is 1. The normalized spacial score (nSPS) is 15.3. The fourth-order valence-electron chi connectivity index (χ4n) is 3.95. The molecule has 1 aliphatic carbocycles. The van der Waals surface area contributed by atoms with Crippen LogP contribution in [-0.2, 0) is 0 Å². The minimum absolute atomic E-state index is 0.674. The van der Waals surface area contributed by atoms with Crippen molar-refractivity contribution in [1.82, 2.24) is 4.98 Å². The summed E-state index contributed by atoms with van der Waals surface area (Å²) in [6.07, 6.45) is 10.6. The second kappa shape index (κ2) is 7.69. The van der Waals surface area contributed by atoms with Gasteiger partial charge in [0, 0.05) is 25.8 Å². The minimum atomic E-state index is 0.674.